The number of hydrogen-bond donors (Lipinski definition) is 1. The minimum absolute atomic E-state index is 0.0865. The number of aromatic nitrogens is 4. The van der Waals surface area contributed by atoms with Crippen molar-refractivity contribution in [2.24, 2.45) is 0 Å². The Morgan fingerprint density at radius 1 is 1.14 bits per heavy atom. The van der Waals surface area contributed by atoms with Crippen molar-refractivity contribution in [3.63, 3.8) is 0 Å². The predicted octanol–water partition coefficient (Wildman–Crippen LogP) is 3.65. The molecule has 11 nitrogen and oxygen atoms in total. The summed E-state index contributed by atoms with van der Waals surface area (Å²) in [5, 5.41) is 17.4. The van der Waals surface area contributed by atoms with Crippen LogP contribution in [0.5, 0.6) is 0 Å². The normalized spacial score (nSPS) is 17.8. The third-order valence-electron chi connectivity index (χ3n) is 7.00. The number of amides is 1. The molecular weight excluding hydrogens is 566 g/mol. The summed E-state index contributed by atoms with van der Waals surface area (Å²) < 4.78 is 38.0. The van der Waals surface area contributed by atoms with Gasteiger partial charge in [0.2, 0.25) is 10.0 Å². The lowest BCUT2D eigenvalue weighted by Crippen LogP contribution is -2.48. The van der Waals surface area contributed by atoms with Crippen molar-refractivity contribution in [1.29, 1.82) is 5.26 Å². The lowest BCUT2D eigenvalue weighted by molar-refractivity contribution is -0.117. The second-order valence-electron chi connectivity index (χ2n) is 10.4. The number of hydrogen-bond acceptors (Lipinski definition) is 7. The number of nitriles is 1. The molecule has 1 aliphatic heterocycles. The molecule has 4 aromatic rings. The average molecular weight is 600 g/mol. The van der Waals surface area contributed by atoms with E-state index in [1.165, 1.54) is 10.4 Å². The maximum atomic E-state index is 13.6. The van der Waals surface area contributed by atoms with E-state index in [1.807, 2.05) is 61.0 Å². The minimum Gasteiger partial charge on any atom is -0.373 e. The Hall–Kier alpha value is -4.57. The third-order valence-corrected chi connectivity index (χ3v) is 8.83. The van der Waals surface area contributed by atoms with Crippen molar-refractivity contribution in [1.82, 2.24) is 29.0 Å². The van der Waals surface area contributed by atoms with E-state index in [4.69, 9.17) is 9.84 Å². The van der Waals surface area contributed by atoms with Crippen LogP contribution in [0.3, 0.4) is 0 Å². The number of carbonyl (C=O) groups is 1. The van der Waals surface area contributed by atoms with Crippen molar-refractivity contribution in [3.05, 3.63) is 90.7 Å². The summed E-state index contributed by atoms with van der Waals surface area (Å²) in [5.41, 5.74) is 2.15. The number of nitrogens with zero attached hydrogens (tertiary/aromatic N) is 6. The Balaban J connectivity index is 1.46. The molecule has 2 unspecified atom stereocenters. The first-order valence-electron chi connectivity index (χ1n) is 14.0. The summed E-state index contributed by atoms with van der Waals surface area (Å²) in [7, 11) is -3.81. The van der Waals surface area contributed by atoms with Gasteiger partial charge < -0.3 is 14.6 Å². The van der Waals surface area contributed by atoms with Crippen LogP contribution in [0.2, 0.25) is 0 Å². The van der Waals surface area contributed by atoms with Gasteiger partial charge in [0.25, 0.3) is 5.91 Å². The van der Waals surface area contributed by atoms with Gasteiger partial charge in [-0.05, 0) is 50.6 Å². The summed E-state index contributed by atoms with van der Waals surface area (Å²) in [6, 6.07) is 18.0. The highest BCUT2D eigenvalue weighted by Crippen LogP contribution is 2.29. The third kappa shape index (κ3) is 7.09. The molecule has 1 aliphatic rings. The number of para-hydroxylation sites is 1. The van der Waals surface area contributed by atoms with Gasteiger partial charge in [-0.1, -0.05) is 30.3 Å². The molecule has 1 fully saturated rings. The number of nitrogens with one attached hydrogen (secondary N) is 1. The second kappa shape index (κ2) is 13.2. The Labute approximate surface area is 251 Å². The standard InChI is InChI=1S/C31H33N7O4S/c1-23-19-37(20-24(2)42-23)43(40,41)29-11-6-8-25(17-29)30-27(21-38(35-30)28-9-4-3-5-10-28)16-26(18-32)31(39)34-12-7-14-36-15-13-33-22-36/h3-6,8-11,13,15-17,21-24H,7,12,14,19-20H2,1-2H3,(H,34,39). The first-order chi connectivity index (χ1) is 20.7. The highest BCUT2D eigenvalue weighted by atomic mass is 32.2. The van der Waals surface area contributed by atoms with E-state index in [-0.39, 0.29) is 35.8 Å². The highest BCUT2D eigenvalue weighted by Gasteiger charge is 2.32. The van der Waals surface area contributed by atoms with Crippen molar-refractivity contribution >= 4 is 22.0 Å². The van der Waals surface area contributed by atoms with E-state index >= 15 is 0 Å². The second-order valence-corrected chi connectivity index (χ2v) is 12.3. The number of imidazole rings is 1. The van der Waals surface area contributed by atoms with Crippen LogP contribution < -0.4 is 5.32 Å². The van der Waals surface area contributed by atoms with E-state index in [1.54, 1.807) is 47.7 Å². The van der Waals surface area contributed by atoms with Crippen molar-refractivity contribution in [3.8, 4) is 23.0 Å². The SMILES string of the molecule is CC1CN(S(=O)(=O)c2cccc(-c3nn(-c4ccccc4)cc3C=C(C#N)C(=O)NCCCn3ccnc3)c2)CC(C)O1. The molecule has 12 heteroatoms. The van der Waals surface area contributed by atoms with Crippen LogP contribution in [0.4, 0.5) is 0 Å². The molecule has 2 aromatic heterocycles. The Kier molecular flexibility index (Phi) is 9.16. The van der Waals surface area contributed by atoms with Gasteiger partial charge in [0.1, 0.15) is 17.3 Å². The summed E-state index contributed by atoms with van der Waals surface area (Å²) in [4.78, 5) is 17.1. The van der Waals surface area contributed by atoms with Crippen LogP contribution in [-0.2, 0) is 26.1 Å². The Morgan fingerprint density at radius 2 is 1.91 bits per heavy atom. The van der Waals surface area contributed by atoms with Crippen LogP contribution in [0.1, 0.15) is 25.8 Å². The van der Waals surface area contributed by atoms with E-state index in [0.29, 0.717) is 36.3 Å². The largest absolute Gasteiger partial charge is 0.373 e. The van der Waals surface area contributed by atoms with Gasteiger partial charge >= 0.3 is 0 Å². The molecular formula is C31H33N7O4S. The number of morpholine rings is 1. The highest BCUT2D eigenvalue weighted by molar-refractivity contribution is 7.89. The number of rotatable bonds is 10. The van der Waals surface area contributed by atoms with Crippen LogP contribution in [0, 0.1) is 11.3 Å². The molecule has 0 aliphatic carbocycles. The number of benzene rings is 2. The van der Waals surface area contributed by atoms with Gasteiger partial charge in [-0.25, -0.2) is 18.1 Å². The molecule has 43 heavy (non-hydrogen) atoms. The topological polar surface area (TPSA) is 135 Å². The molecule has 2 aromatic carbocycles. The fourth-order valence-electron chi connectivity index (χ4n) is 4.99. The molecule has 1 amide bonds. The maximum absolute atomic E-state index is 13.6. The first-order valence-corrected chi connectivity index (χ1v) is 15.5. The van der Waals surface area contributed by atoms with E-state index < -0.39 is 15.9 Å². The Bertz CT molecular complexity index is 1730. The predicted molar refractivity (Wildman–Crippen MR) is 161 cm³/mol. The summed E-state index contributed by atoms with van der Waals surface area (Å²) in [6.07, 6.45) is 8.67. The Morgan fingerprint density at radius 3 is 2.60 bits per heavy atom. The monoisotopic (exact) mass is 599 g/mol. The van der Waals surface area contributed by atoms with Crippen LogP contribution in [-0.4, -0.2) is 69.8 Å². The smallest absolute Gasteiger partial charge is 0.261 e. The molecule has 5 rings (SSSR count). The zero-order chi connectivity index (χ0) is 30.4. The number of aryl methyl sites for hydroxylation is 1. The molecule has 0 saturated carbocycles. The fourth-order valence-corrected chi connectivity index (χ4v) is 6.63. The number of sulfonamides is 1. The van der Waals surface area contributed by atoms with Gasteiger partial charge in [-0.15, -0.1) is 0 Å². The molecule has 0 radical (unpaired) electrons. The lowest BCUT2D eigenvalue weighted by atomic mass is 10.1. The van der Waals surface area contributed by atoms with E-state index in [9.17, 15) is 18.5 Å². The van der Waals surface area contributed by atoms with Gasteiger partial charge in [0.05, 0.1) is 29.1 Å². The van der Waals surface area contributed by atoms with Gasteiger partial charge in [0.15, 0.2) is 0 Å². The molecule has 3 heterocycles. The summed E-state index contributed by atoms with van der Waals surface area (Å²) >= 11 is 0. The first kappa shape index (κ1) is 29.9. The quantitative estimate of drug-likeness (QED) is 0.167. The van der Waals surface area contributed by atoms with Gasteiger partial charge in [0, 0.05) is 55.9 Å². The molecule has 222 valence electrons. The maximum Gasteiger partial charge on any atom is 0.261 e. The lowest BCUT2D eigenvalue weighted by Gasteiger charge is -2.34. The average Bonchev–Trinajstić information content (AvgIpc) is 3.68. The van der Waals surface area contributed by atoms with Gasteiger partial charge in [-0.3, -0.25) is 4.79 Å². The van der Waals surface area contributed by atoms with Crippen molar-refractivity contribution in [2.75, 3.05) is 19.6 Å². The molecule has 1 N–H and O–H groups in total. The zero-order valence-electron chi connectivity index (χ0n) is 24.0. The minimum atomic E-state index is -3.81. The molecule has 0 spiro atoms. The fraction of sp³-hybridized carbons (Fsp3) is 0.290. The molecule has 1 saturated heterocycles. The van der Waals surface area contributed by atoms with Crippen LogP contribution in [0.25, 0.3) is 23.0 Å². The summed E-state index contributed by atoms with van der Waals surface area (Å²) in [6.45, 7) is 5.29. The van der Waals surface area contributed by atoms with Crippen LogP contribution >= 0.6 is 0 Å². The van der Waals surface area contributed by atoms with Crippen molar-refractivity contribution in [2.45, 2.75) is 43.9 Å². The molecule has 0 bridgehead atoms. The van der Waals surface area contributed by atoms with Crippen molar-refractivity contribution < 1.29 is 17.9 Å². The molecule has 2 atom stereocenters. The zero-order valence-corrected chi connectivity index (χ0v) is 24.8. The van der Waals surface area contributed by atoms with Gasteiger partial charge in [-0.2, -0.15) is 14.7 Å². The summed E-state index contributed by atoms with van der Waals surface area (Å²) in [5.74, 6) is -0.501. The van der Waals surface area contributed by atoms with E-state index in [2.05, 4.69) is 10.3 Å². The number of ether oxygens (including phenoxy) is 1. The van der Waals surface area contributed by atoms with Crippen LogP contribution in [0.15, 0.2) is 90.0 Å². The number of carbonyl (C=O) groups excluding carboxylic acids is 1. The van der Waals surface area contributed by atoms with E-state index in [0.717, 1.165) is 5.69 Å².